The van der Waals surface area contributed by atoms with Crippen LogP contribution in [0.3, 0.4) is 0 Å². The van der Waals surface area contributed by atoms with Gasteiger partial charge in [0.2, 0.25) is 0 Å². The Bertz CT molecular complexity index is 52.5. The van der Waals surface area contributed by atoms with Crippen molar-refractivity contribution in [1.82, 2.24) is 4.90 Å². The second-order valence-corrected chi connectivity index (χ2v) is 2.22. The number of nitrogens with zero attached hydrogens (tertiary/aromatic N) is 1. The molecule has 50 valence electrons. The Morgan fingerprint density at radius 1 is 1.62 bits per heavy atom. The van der Waals surface area contributed by atoms with Crippen molar-refractivity contribution in [2.75, 3.05) is 13.6 Å². The van der Waals surface area contributed by atoms with Crippen LogP contribution in [0.5, 0.6) is 0 Å². The first kappa shape index (κ1) is 7.92. The minimum Gasteiger partial charge on any atom is -0.316 e. The molecule has 0 aliphatic carbocycles. The van der Waals surface area contributed by atoms with E-state index in [1.165, 1.54) is 6.42 Å². The molecule has 0 spiro atoms. The van der Waals surface area contributed by atoms with Crippen molar-refractivity contribution in [1.29, 1.82) is 0 Å². The lowest BCUT2D eigenvalue weighted by Gasteiger charge is -2.19. The van der Waals surface area contributed by atoms with Gasteiger partial charge in [-0.3, -0.25) is 4.90 Å². The molecular weight excluding hydrogens is 100 g/mol. The zero-order valence-electron chi connectivity index (χ0n) is 6.02. The molecular formula is C6H16N2. The largest absolute Gasteiger partial charge is 0.316 e. The Labute approximate surface area is 51.7 Å². The first-order chi connectivity index (χ1) is 3.68. The molecule has 0 aliphatic heterocycles. The first-order valence-corrected chi connectivity index (χ1v) is 3.14. The van der Waals surface area contributed by atoms with Gasteiger partial charge in [-0.05, 0) is 26.9 Å². The van der Waals surface area contributed by atoms with Crippen molar-refractivity contribution in [3.63, 3.8) is 0 Å². The fourth-order valence-corrected chi connectivity index (χ4v) is 0.556. The van der Waals surface area contributed by atoms with Crippen LogP contribution < -0.4 is 5.73 Å². The average molecular weight is 116 g/mol. The van der Waals surface area contributed by atoms with E-state index in [0.717, 1.165) is 6.54 Å². The van der Waals surface area contributed by atoms with E-state index >= 15 is 0 Å². The zero-order valence-corrected chi connectivity index (χ0v) is 6.02. The molecule has 0 aromatic rings. The van der Waals surface area contributed by atoms with Crippen molar-refractivity contribution >= 4 is 0 Å². The first-order valence-electron chi connectivity index (χ1n) is 3.14. The Kier molecular flexibility index (Phi) is 3.83. The molecule has 1 unspecified atom stereocenters. The van der Waals surface area contributed by atoms with Crippen LogP contribution in [-0.2, 0) is 0 Å². The van der Waals surface area contributed by atoms with Crippen molar-refractivity contribution in [3.8, 4) is 0 Å². The smallest absolute Gasteiger partial charge is 0.0540 e. The lowest BCUT2D eigenvalue weighted by molar-refractivity contribution is 0.264. The number of hydrogen-bond acceptors (Lipinski definition) is 2. The van der Waals surface area contributed by atoms with Crippen molar-refractivity contribution in [2.24, 2.45) is 5.73 Å². The average Bonchev–Trinajstić information content (AvgIpc) is 1.67. The molecule has 0 amide bonds. The summed E-state index contributed by atoms with van der Waals surface area (Å²) in [4.78, 5) is 2.12. The van der Waals surface area contributed by atoms with Gasteiger partial charge in [0, 0.05) is 0 Å². The zero-order chi connectivity index (χ0) is 6.57. The standard InChI is InChI=1S/C6H16N2/c1-4-5-8(3)6(2)7/h6H,4-5,7H2,1-3H3. The highest BCUT2D eigenvalue weighted by molar-refractivity contribution is 4.52. The molecule has 2 N–H and O–H groups in total. The maximum absolute atomic E-state index is 5.55. The molecule has 0 heterocycles. The summed E-state index contributed by atoms with van der Waals surface area (Å²) in [5, 5.41) is 0. The van der Waals surface area contributed by atoms with Gasteiger partial charge in [0.25, 0.3) is 0 Å². The molecule has 0 aromatic heterocycles. The Morgan fingerprint density at radius 2 is 2.12 bits per heavy atom. The van der Waals surface area contributed by atoms with Crippen LogP contribution in [0.4, 0.5) is 0 Å². The summed E-state index contributed by atoms with van der Waals surface area (Å²) in [6.07, 6.45) is 1.38. The van der Waals surface area contributed by atoms with E-state index in [1.807, 2.05) is 14.0 Å². The third-order valence-electron chi connectivity index (χ3n) is 1.27. The van der Waals surface area contributed by atoms with Crippen LogP contribution >= 0.6 is 0 Å². The predicted octanol–water partition coefficient (Wildman–Crippen LogP) is 0.633. The molecule has 2 heteroatoms. The van der Waals surface area contributed by atoms with E-state index in [4.69, 9.17) is 5.73 Å². The van der Waals surface area contributed by atoms with Gasteiger partial charge in [0.1, 0.15) is 0 Å². The van der Waals surface area contributed by atoms with Gasteiger partial charge < -0.3 is 5.73 Å². The van der Waals surface area contributed by atoms with E-state index in [-0.39, 0.29) is 6.17 Å². The molecule has 8 heavy (non-hydrogen) atoms. The van der Waals surface area contributed by atoms with E-state index in [2.05, 4.69) is 11.8 Å². The SMILES string of the molecule is CCCN(C)C(C)N. The Hall–Kier alpha value is -0.0800. The van der Waals surface area contributed by atoms with Crippen LogP contribution in [0, 0.1) is 0 Å². The number of hydrogen-bond donors (Lipinski definition) is 1. The molecule has 2 nitrogen and oxygen atoms in total. The van der Waals surface area contributed by atoms with Gasteiger partial charge in [-0.1, -0.05) is 6.92 Å². The Balaban J connectivity index is 3.17. The monoisotopic (exact) mass is 116 g/mol. The van der Waals surface area contributed by atoms with Crippen LogP contribution in [0.2, 0.25) is 0 Å². The van der Waals surface area contributed by atoms with Gasteiger partial charge in [0.15, 0.2) is 0 Å². The van der Waals surface area contributed by atoms with Gasteiger partial charge in [-0.25, -0.2) is 0 Å². The summed E-state index contributed by atoms with van der Waals surface area (Å²) in [5.74, 6) is 0. The number of rotatable bonds is 3. The quantitative estimate of drug-likeness (QED) is 0.548. The lowest BCUT2D eigenvalue weighted by Crippen LogP contribution is -2.36. The number of nitrogens with two attached hydrogens (primary N) is 1. The van der Waals surface area contributed by atoms with Crippen LogP contribution in [0.15, 0.2) is 0 Å². The molecule has 0 aromatic carbocycles. The van der Waals surface area contributed by atoms with Crippen molar-refractivity contribution < 1.29 is 0 Å². The molecule has 0 saturated carbocycles. The maximum Gasteiger partial charge on any atom is 0.0540 e. The third-order valence-corrected chi connectivity index (χ3v) is 1.27. The highest BCUT2D eigenvalue weighted by Gasteiger charge is 1.98. The summed E-state index contributed by atoms with van der Waals surface area (Å²) in [6, 6.07) is 0. The second-order valence-electron chi connectivity index (χ2n) is 2.22. The lowest BCUT2D eigenvalue weighted by atomic mass is 10.4. The molecule has 1 atom stereocenters. The minimum absolute atomic E-state index is 0.204. The molecule has 0 aliphatic rings. The van der Waals surface area contributed by atoms with Crippen LogP contribution in [-0.4, -0.2) is 24.7 Å². The normalized spacial score (nSPS) is 14.6. The van der Waals surface area contributed by atoms with Gasteiger partial charge >= 0.3 is 0 Å². The summed E-state index contributed by atoms with van der Waals surface area (Å²) in [6.45, 7) is 5.24. The maximum atomic E-state index is 5.55. The van der Waals surface area contributed by atoms with Gasteiger partial charge in [-0.15, -0.1) is 0 Å². The van der Waals surface area contributed by atoms with E-state index in [1.54, 1.807) is 0 Å². The van der Waals surface area contributed by atoms with Gasteiger partial charge in [-0.2, -0.15) is 0 Å². The molecule has 0 rings (SSSR count). The van der Waals surface area contributed by atoms with Crippen LogP contribution in [0.1, 0.15) is 20.3 Å². The van der Waals surface area contributed by atoms with Gasteiger partial charge in [0.05, 0.1) is 6.17 Å². The summed E-state index contributed by atoms with van der Waals surface area (Å²) in [7, 11) is 2.04. The molecule has 0 saturated heterocycles. The summed E-state index contributed by atoms with van der Waals surface area (Å²) in [5.41, 5.74) is 5.55. The van der Waals surface area contributed by atoms with E-state index in [9.17, 15) is 0 Å². The second kappa shape index (κ2) is 3.87. The molecule has 0 bridgehead atoms. The molecule has 0 radical (unpaired) electrons. The van der Waals surface area contributed by atoms with E-state index in [0.29, 0.717) is 0 Å². The minimum atomic E-state index is 0.204. The topological polar surface area (TPSA) is 29.3 Å². The highest BCUT2D eigenvalue weighted by atomic mass is 15.2. The summed E-state index contributed by atoms with van der Waals surface area (Å²) < 4.78 is 0. The summed E-state index contributed by atoms with van der Waals surface area (Å²) >= 11 is 0. The van der Waals surface area contributed by atoms with Crippen molar-refractivity contribution in [3.05, 3.63) is 0 Å². The predicted molar refractivity (Wildman–Crippen MR) is 36.6 cm³/mol. The fraction of sp³-hybridized carbons (Fsp3) is 1.00. The third kappa shape index (κ3) is 2.99. The highest BCUT2D eigenvalue weighted by Crippen LogP contribution is 1.87. The Morgan fingerprint density at radius 3 is 2.25 bits per heavy atom. The fourth-order valence-electron chi connectivity index (χ4n) is 0.556. The van der Waals surface area contributed by atoms with E-state index < -0.39 is 0 Å². The van der Waals surface area contributed by atoms with Crippen LogP contribution in [0.25, 0.3) is 0 Å². The molecule has 0 fully saturated rings. The van der Waals surface area contributed by atoms with Crippen molar-refractivity contribution in [2.45, 2.75) is 26.4 Å².